The fraction of sp³-hybridized carbons (Fsp3) is 0.400. The van der Waals surface area contributed by atoms with Gasteiger partial charge in [0.1, 0.15) is 11.6 Å². The minimum absolute atomic E-state index is 0.264. The van der Waals surface area contributed by atoms with E-state index in [0.717, 1.165) is 29.1 Å². The number of nitrogens with zero attached hydrogens (tertiary/aromatic N) is 3. The van der Waals surface area contributed by atoms with Crippen LogP contribution in [0.2, 0.25) is 0 Å². The van der Waals surface area contributed by atoms with E-state index in [4.69, 9.17) is 4.74 Å². The third kappa shape index (κ3) is 2.95. The van der Waals surface area contributed by atoms with E-state index >= 15 is 0 Å². The predicted octanol–water partition coefficient (Wildman–Crippen LogP) is 2.93. The third-order valence-electron chi connectivity index (χ3n) is 3.59. The monoisotopic (exact) mass is 303 g/mol. The smallest absolute Gasteiger partial charge is 0.323 e. The molecule has 0 saturated heterocycles. The third-order valence-corrected chi connectivity index (χ3v) is 4.78. The molecule has 1 aliphatic carbocycles. The zero-order chi connectivity index (χ0) is 14.8. The molecule has 3 rings (SSSR count). The molecule has 1 fully saturated rings. The number of aromatic nitrogens is 3. The fourth-order valence-electron chi connectivity index (χ4n) is 2.25. The van der Waals surface area contributed by atoms with Crippen molar-refractivity contribution in [2.24, 2.45) is 0 Å². The molecular weight excluding hydrogens is 286 g/mol. The van der Waals surface area contributed by atoms with Crippen LogP contribution in [0.1, 0.15) is 35.3 Å². The zero-order valence-electron chi connectivity index (χ0n) is 12.0. The minimum Gasteiger partial charge on any atom is -0.468 e. The second-order valence-electron chi connectivity index (χ2n) is 5.13. The van der Waals surface area contributed by atoms with E-state index in [1.54, 1.807) is 6.33 Å². The number of aryl methyl sites for hydroxylation is 1. The summed E-state index contributed by atoms with van der Waals surface area (Å²) in [6.45, 7) is 2.00. The van der Waals surface area contributed by atoms with Crippen LogP contribution in [0, 0.1) is 6.92 Å². The van der Waals surface area contributed by atoms with Gasteiger partial charge in [-0.3, -0.25) is 4.79 Å². The highest BCUT2D eigenvalue weighted by molar-refractivity contribution is 8.00. The largest absolute Gasteiger partial charge is 0.468 e. The second-order valence-corrected chi connectivity index (χ2v) is 6.20. The Bertz CT molecular complexity index is 652. The number of hydrogen-bond acceptors (Lipinski definition) is 5. The number of thioether (sulfide) groups is 1. The number of esters is 1. The Morgan fingerprint density at radius 2 is 2.19 bits per heavy atom. The first-order chi connectivity index (χ1) is 10.2. The topological polar surface area (TPSA) is 57.0 Å². The second kappa shape index (κ2) is 5.89. The summed E-state index contributed by atoms with van der Waals surface area (Å²) in [6.07, 6.45) is 4.05. The fourth-order valence-corrected chi connectivity index (χ4v) is 3.46. The average Bonchev–Trinajstić information content (AvgIpc) is 3.24. The number of benzene rings is 1. The van der Waals surface area contributed by atoms with Gasteiger partial charge in [0, 0.05) is 6.04 Å². The molecule has 0 unspecified atom stereocenters. The number of methoxy groups -OCH3 is 1. The maximum Gasteiger partial charge on any atom is 0.323 e. The molecule has 0 N–H and O–H groups in total. The van der Waals surface area contributed by atoms with E-state index in [-0.39, 0.29) is 5.97 Å². The van der Waals surface area contributed by atoms with Crippen molar-refractivity contribution in [3.63, 3.8) is 0 Å². The maximum absolute atomic E-state index is 12.2. The summed E-state index contributed by atoms with van der Waals surface area (Å²) in [4.78, 5) is 12.2. The molecule has 0 amide bonds. The number of ether oxygens (including phenoxy) is 1. The lowest BCUT2D eigenvalue weighted by Gasteiger charge is -2.16. The Morgan fingerprint density at radius 3 is 2.86 bits per heavy atom. The summed E-state index contributed by atoms with van der Waals surface area (Å²) < 4.78 is 7.02. The normalized spacial score (nSPS) is 15.7. The minimum atomic E-state index is -0.419. The molecule has 0 aliphatic heterocycles. The van der Waals surface area contributed by atoms with Crippen molar-refractivity contribution >= 4 is 17.7 Å². The SMILES string of the molecule is COC(=O)[C@H](Sc1nncn1C1CC1)c1ccccc1C. The van der Waals surface area contributed by atoms with Gasteiger partial charge in [-0.2, -0.15) is 0 Å². The van der Waals surface area contributed by atoms with Crippen LogP contribution < -0.4 is 0 Å². The molecule has 5 nitrogen and oxygen atoms in total. The Labute approximate surface area is 127 Å². The first-order valence-corrected chi connectivity index (χ1v) is 7.78. The van der Waals surface area contributed by atoms with Gasteiger partial charge in [0.25, 0.3) is 0 Å². The highest BCUT2D eigenvalue weighted by Crippen LogP contribution is 2.41. The molecule has 1 heterocycles. The lowest BCUT2D eigenvalue weighted by molar-refractivity contribution is -0.140. The van der Waals surface area contributed by atoms with Crippen molar-refractivity contribution in [1.82, 2.24) is 14.8 Å². The molecule has 21 heavy (non-hydrogen) atoms. The molecule has 0 bridgehead atoms. The van der Waals surface area contributed by atoms with E-state index in [1.165, 1.54) is 18.9 Å². The predicted molar refractivity (Wildman–Crippen MR) is 80.1 cm³/mol. The summed E-state index contributed by atoms with van der Waals surface area (Å²) in [5, 5.41) is 8.49. The number of carbonyl (C=O) groups is 1. The van der Waals surface area contributed by atoms with Gasteiger partial charge in [-0.05, 0) is 30.9 Å². The Kier molecular flexibility index (Phi) is 3.96. The van der Waals surface area contributed by atoms with Crippen LogP contribution in [0.25, 0.3) is 0 Å². The molecule has 0 radical (unpaired) electrons. The van der Waals surface area contributed by atoms with Crippen LogP contribution >= 0.6 is 11.8 Å². The first-order valence-electron chi connectivity index (χ1n) is 6.90. The van der Waals surface area contributed by atoms with E-state index in [2.05, 4.69) is 14.8 Å². The van der Waals surface area contributed by atoms with E-state index in [9.17, 15) is 4.79 Å². The lowest BCUT2D eigenvalue weighted by Crippen LogP contribution is -2.13. The standard InChI is InChI=1S/C15H17N3O2S/c1-10-5-3-4-6-12(10)13(14(19)20-2)21-15-17-16-9-18(15)11-7-8-11/h3-6,9,11,13H,7-8H2,1-2H3/t13-/m1/s1. The van der Waals surface area contributed by atoms with E-state index < -0.39 is 5.25 Å². The van der Waals surface area contributed by atoms with Crippen LogP contribution in [-0.4, -0.2) is 27.8 Å². The molecule has 1 aromatic carbocycles. The quantitative estimate of drug-likeness (QED) is 0.628. The van der Waals surface area contributed by atoms with Crippen molar-refractivity contribution < 1.29 is 9.53 Å². The molecular formula is C15H17N3O2S. The molecule has 6 heteroatoms. The van der Waals surface area contributed by atoms with Crippen LogP contribution in [0.3, 0.4) is 0 Å². The van der Waals surface area contributed by atoms with Crippen LogP contribution in [0.5, 0.6) is 0 Å². The van der Waals surface area contributed by atoms with Crippen molar-refractivity contribution in [3.05, 3.63) is 41.7 Å². The zero-order valence-corrected chi connectivity index (χ0v) is 12.8. The highest BCUT2D eigenvalue weighted by Gasteiger charge is 2.30. The molecule has 1 aromatic heterocycles. The van der Waals surface area contributed by atoms with Crippen molar-refractivity contribution in [2.45, 2.75) is 36.2 Å². The van der Waals surface area contributed by atoms with Crippen LogP contribution in [0.4, 0.5) is 0 Å². The lowest BCUT2D eigenvalue weighted by atomic mass is 10.1. The van der Waals surface area contributed by atoms with E-state index in [1.807, 2.05) is 31.2 Å². The molecule has 0 spiro atoms. The summed E-state index contributed by atoms with van der Waals surface area (Å²) in [5.74, 6) is -0.264. The van der Waals surface area contributed by atoms with Crippen molar-refractivity contribution in [2.75, 3.05) is 7.11 Å². The number of carbonyl (C=O) groups excluding carboxylic acids is 1. The van der Waals surface area contributed by atoms with Gasteiger partial charge in [0.15, 0.2) is 5.16 Å². The molecule has 1 saturated carbocycles. The molecule has 1 atom stereocenters. The molecule has 1 aliphatic rings. The molecule has 2 aromatic rings. The van der Waals surface area contributed by atoms with Gasteiger partial charge in [-0.25, -0.2) is 0 Å². The first kappa shape index (κ1) is 14.1. The summed E-state index contributed by atoms with van der Waals surface area (Å²) in [5.41, 5.74) is 2.03. The van der Waals surface area contributed by atoms with Crippen LogP contribution in [0.15, 0.2) is 35.7 Å². The summed E-state index contributed by atoms with van der Waals surface area (Å²) in [7, 11) is 1.42. The Morgan fingerprint density at radius 1 is 1.43 bits per heavy atom. The maximum atomic E-state index is 12.2. The average molecular weight is 303 g/mol. The van der Waals surface area contributed by atoms with E-state index in [0.29, 0.717) is 6.04 Å². The highest BCUT2D eigenvalue weighted by atomic mass is 32.2. The van der Waals surface area contributed by atoms with Crippen molar-refractivity contribution in [1.29, 1.82) is 0 Å². The Balaban J connectivity index is 1.91. The van der Waals surface area contributed by atoms with Gasteiger partial charge < -0.3 is 9.30 Å². The van der Waals surface area contributed by atoms with Gasteiger partial charge >= 0.3 is 5.97 Å². The Hall–Kier alpha value is -1.82. The molecule has 110 valence electrons. The summed E-state index contributed by atoms with van der Waals surface area (Å²) >= 11 is 1.41. The number of rotatable bonds is 5. The van der Waals surface area contributed by atoms with Gasteiger partial charge in [-0.15, -0.1) is 10.2 Å². The van der Waals surface area contributed by atoms with Crippen LogP contribution in [-0.2, 0) is 9.53 Å². The van der Waals surface area contributed by atoms with Crippen molar-refractivity contribution in [3.8, 4) is 0 Å². The van der Waals surface area contributed by atoms with Gasteiger partial charge in [0.05, 0.1) is 7.11 Å². The number of hydrogen-bond donors (Lipinski definition) is 0. The van der Waals surface area contributed by atoms with Gasteiger partial charge in [-0.1, -0.05) is 36.0 Å². The summed E-state index contributed by atoms with van der Waals surface area (Å²) in [6, 6.07) is 8.34. The van der Waals surface area contributed by atoms with Gasteiger partial charge in [0.2, 0.25) is 0 Å².